The molecule has 0 aliphatic carbocycles. The summed E-state index contributed by atoms with van der Waals surface area (Å²) in [6.45, 7) is 8.66. The number of esters is 2. The van der Waals surface area contributed by atoms with E-state index in [2.05, 4.69) is 64.2 Å². The molecule has 64 heavy (non-hydrogen) atoms. The van der Waals surface area contributed by atoms with E-state index in [0.717, 1.165) is 57.8 Å². The Morgan fingerprint density at radius 2 is 1.22 bits per heavy atom. The Hall–Kier alpha value is -2.53. The summed E-state index contributed by atoms with van der Waals surface area (Å²) < 4.78 is 46.5. The van der Waals surface area contributed by atoms with Gasteiger partial charge in [0, 0.05) is 25.7 Å². The topological polar surface area (TPSA) is 134 Å². The number of nitrogens with zero attached hydrogens (tertiary/aromatic N) is 1. The summed E-state index contributed by atoms with van der Waals surface area (Å²) >= 11 is 0. The number of allylic oxidation sites excluding steroid dienone is 5. The van der Waals surface area contributed by atoms with Gasteiger partial charge >= 0.3 is 19.8 Å². The maximum Gasteiger partial charge on any atom is 0.472 e. The zero-order valence-corrected chi connectivity index (χ0v) is 42.3. The third-order valence-corrected chi connectivity index (χ3v) is 12.8. The number of carbonyl (C=O) groups excluding carboxylic acids is 2. The molecule has 1 aromatic heterocycles. The number of rotatable bonds is 41. The Morgan fingerprint density at radius 3 is 1.84 bits per heavy atom. The molecule has 1 fully saturated rings. The van der Waals surface area contributed by atoms with Crippen LogP contribution < -0.4 is 0 Å². The largest absolute Gasteiger partial charge is 0.472 e. The predicted molar refractivity (Wildman–Crippen MR) is 259 cm³/mol. The average molecular weight is 921 g/mol. The first-order valence-electron chi connectivity index (χ1n) is 25.2. The number of phosphoric acid groups is 1. The number of ether oxygens (including phenoxy) is 3. The number of hydrogen-bond donors (Lipinski definition) is 1. The Bertz CT molecular complexity index is 1530. The predicted octanol–water partition coefficient (Wildman–Crippen LogP) is 13.1. The van der Waals surface area contributed by atoms with E-state index in [1.807, 2.05) is 21.1 Å². The number of furan rings is 1. The molecule has 3 unspecified atom stereocenters. The van der Waals surface area contributed by atoms with Gasteiger partial charge in [0.2, 0.25) is 0 Å². The highest BCUT2D eigenvalue weighted by Gasteiger charge is 2.36. The molecule has 0 spiro atoms. The van der Waals surface area contributed by atoms with Crippen molar-refractivity contribution in [3.8, 4) is 0 Å². The molecule has 0 bridgehead atoms. The van der Waals surface area contributed by atoms with Crippen molar-refractivity contribution in [2.24, 2.45) is 0 Å². The lowest BCUT2D eigenvalue weighted by molar-refractivity contribution is -0.870. The normalized spacial score (nSPS) is 16.9. The molecule has 1 aliphatic rings. The zero-order chi connectivity index (χ0) is 46.9. The van der Waals surface area contributed by atoms with E-state index in [1.54, 1.807) is 0 Å². The van der Waals surface area contributed by atoms with Gasteiger partial charge in [-0.1, -0.05) is 127 Å². The highest BCUT2D eigenvalue weighted by Crippen LogP contribution is 2.43. The van der Waals surface area contributed by atoms with Crippen LogP contribution in [0.4, 0.5) is 0 Å². The van der Waals surface area contributed by atoms with Crippen molar-refractivity contribution in [3.63, 3.8) is 0 Å². The molecular weight excluding hydrogens is 830 g/mol. The van der Waals surface area contributed by atoms with Crippen molar-refractivity contribution in [1.29, 1.82) is 0 Å². The maximum absolute atomic E-state index is 12.8. The summed E-state index contributed by atoms with van der Waals surface area (Å²) in [5.74, 6) is 1.48. The maximum atomic E-state index is 12.8. The van der Waals surface area contributed by atoms with E-state index in [1.165, 1.54) is 106 Å². The molecule has 2 heterocycles. The van der Waals surface area contributed by atoms with Crippen molar-refractivity contribution in [3.05, 3.63) is 59.1 Å². The molecule has 1 N–H and O–H groups in total. The van der Waals surface area contributed by atoms with E-state index >= 15 is 0 Å². The Kier molecular flexibility index (Phi) is 31.3. The molecule has 0 aromatic carbocycles. The lowest BCUT2D eigenvalue weighted by atomic mass is 10.0. The van der Waals surface area contributed by atoms with Crippen LogP contribution in [0, 0.1) is 13.8 Å². The summed E-state index contributed by atoms with van der Waals surface area (Å²) in [7, 11) is 1.42. The Labute approximate surface area is 389 Å². The summed E-state index contributed by atoms with van der Waals surface area (Å²) in [5.41, 5.74) is 2.69. The van der Waals surface area contributed by atoms with Gasteiger partial charge < -0.3 is 28.0 Å². The van der Waals surface area contributed by atoms with Crippen molar-refractivity contribution < 1.29 is 51.2 Å². The van der Waals surface area contributed by atoms with Crippen LogP contribution in [0.3, 0.4) is 0 Å². The number of aryl methyl sites for hydroxylation is 2. The minimum atomic E-state index is -4.41. The monoisotopic (exact) mass is 921 g/mol. The number of quaternary nitrogens is 1. The van der Waals surface area contributed by atoms with Gasteiger partial charge in [-0.25, -0.2) is 4.57 Å². The second-order valence-corrected chi connectivity index (χ2v) is 20.3. The second kappa shape index (κ2) is 34.7. The fourth-order valence-corrected chi connectivity index (χ4v) is 8.20. The lowest BCUT2D eigenvalue weighted by Gasteiger charge is -2.24. The van der Waals surface area contributed by atoms with Crippen LogP contribution in [0.5, 0.6) is 0 Å². The van der Waals surface area contributed by atoms with Gasteiger partial charge in [-0.05, 0) is 89.2 Å². The van der Waals surface area contributed by atoms with Crippen molar-refractivity contribution in [2.75, 3.05) is 47.5 Å². The van der Waals surface area contributed by atoms with E-state index in [4.69, 9.17) is 27.7 Å². The molecule has 1 saturated heterocycles. The zero-order valence-electron chi connectivity index (χ0n) is 41.4. The number of carbonyl (C=O) groups is 2. The van der Waals surface area contributed by atoms with Crippen LogP contribution in [0.25, 0.3) is 0 Å². The van der Waals surface area contributed by atoms with Gasteiger partial charge in [-0.15, -0.1) is 0 Å². The van der Waals surface area contributed by atoms with Gasteiger partial charge in [0.1, 0.15) is 31.3 Å². The molecule has 11 nitrogen and oxygen atoms in total. The van der Waals surface area contributed by atoms with E-state index in [-0.39, 0.29) is 38.3 Å². The SMILES string of the molecule is CCCCC/C=C\C/C=C\C/C=C\CC1OC1CCCC(=O)OC[C@H](COP(=O)(O)OCC[N+](C)(C)C)OC(=O)CCCCCCCCCCCCc1oc(CCCCC)c(C)c1C. The van der Waals surface area contributed by atoms with Crippen LogP contribution in [-0.2, 0) is 50.3 Å². The fraction of sp³-hybridized carbons (Fsp3) is 0.769. The van der Waals surface area contributed by atoms with Crippen molar-refractivity contribution >= 4 is 19.8 Å². The second-order valence-electron chi connectivity index (χ2n) is 18.8. The Morgan fingerprint density at radius 1 is 0.672 bits per heavy atom. The van der Waals surface area contributed by atoms with Crippen LogP contribution in [-0.4, -0.2) is 87.1 Å². The van der Waals surface area contributed by atoms with Crippen LogP contribution >= 0.6 is 7.82 Å². The van der Waals surface area contributed by atoms with Gasteiger partial charge in [0.25, 0.3) is 0 Å². The minimum absolute atomic E-state index is 0.0132. The first-order valence-corrected chi connectivity index (χ1v) is 26.7. The minimum Gasteiger partial charge on any atom is -0.466 e. The molecule has 1 aromatic rings. The van der Waals surface area contributed by atoms with Gasteiger partial charge in [-0.2, -0.15) is 0 Å². The van der Waals surface area contributed by atoms with Gasteiger partial charge in [0.15, 0.2) is 6.10 Å². The quantitative estimate of drug-likeness (QED) is 0.0169. The van der Waals surface area contributed by atoms with E-state index < -0.39 is 32.5 Å². The number of unbranched alkanes of at least 4 members (excludes halogenated alkanes) is 14. The first-order chi connectivity index (χ1) is 30.7. The fourth-order valence-electron chi connectivity index (χ4n) is 7.46. The molecule has 2 rings (SSSR count). The number of hydrogen-bond acceptors (Lipinski definition) is 9. The third kappa shape index (κ3) is 29.9. The van der Waals surface area contributed by atoms with Gasteiger partial charge in [0.05, 0.1) is 40.0 Å². The van der Waals surface area contributed by atoms with E-state index in [0.29, 0.717) is 23.9 Å². The smallest absolute Gasteiger partial charge is 0.466 e. The highest BCUT2D eigenvalue weighted by atomic mass is 31.2. The molecule has 1 aliphatic heterocycles. The average Bonchev–Trinajstić information content (AvgIpc) is 3.94. The van der Waals surface area contributed by atoms with Gasteiger partial charge in [-0.3, -0.25) is 18.6 Å². The summed E-state index contributed by atoms with van der Waals surface area (Å²) in [5, 5.41) is 0. The molecule has 0 saturated carbocycles. The third-order valence-electron chi connectivity index (χ3n) is 11.8. The summed E-state index contributed by atoms with van der Waals surface area (Å²) in [6.07, 6.45) is 38.8. The number of likely N-dealkylation sites (N-methyl/N-ethyl adjacent to an activating group) is 1. The summed E-state index contributed by atoms with van der Waals surface area (Å²) in [6, 6.07) is 0. The molecule has 368 valence electrons. The molecule has 0 radical (unpaired) electrons. The Balaban J connectivity index is 1.62. The molecule has 4 atom stereocenters. The van der Waals surface area contributed by atoms with Crippen LogP contribution in [0.1, 0.15) is 191 Å². The van der Waals surface area contributed by atoms with Crippen LogP contribution in [0.2, 0.25) is 0 Å². The summed E-state index contributed by atoms with van der Waals surface area (Å²) in [4.78, 5) is 35.7. The molecule has 0 amide bonds. The molecular formula is C52H91NO10P+. The molecule has 12 heteroatoms. The van der Waals surface area contributed by atoms with Crippen LogP contribution in [0.15, 0.2) is 40.9 Å². The first kappa shape index (κ1) is 57.6. The number of phosphoric ester groups is 1. The van der Waals surface area contributed by atoms with E-state index in [9.17, 15) is 19.0 Å². The van der Waals surface area contributed by atoms with Crippen molar-refractivity contribution in [1.82, 2.24) is 0 Å². The van der Waals surface area contributed by atoms with Crippen molar-refractivity contribution in [2.45, 2.75) is 213 Å². The standard InChI is InChI=1S/C52H90NO10P/c1-8-10-12-13-14-15-16-17-21-24-27-31-36-49-50(63-49)37-33-39-51(54)58-42-46(43-60-64(56,57)59-41-40-53(5,6)7)61-52(55)38-32-28-25-22-19-18-20-23-26-30-35-48-45(4)44(3)47(62-48)34-29-11-9-2/h14-15,17,21,27,31,46,49-50H,8-13,16,18-20,22-26,28-30,32-43H2,1-7H3/p+1/b15-14-,21-17-,31-27-/t46-,49?,50?/m1/s1. The highest BCUT2D eigenvalue weighted by molar-refractivity contribution is 7.47. The lowest BCUT2D eigenvalue weighted by Crippen LogP contribution is -2.37. The number of epoxide rings is 1.